The molecule has 0 radical (unpaired) electrons. The minimum Gasteiger partial charge on any atom is -0.346 e. The highest BCUT2D eigenvalue weighted by atomic mass is 35.5. The minimum absolute atomic E-state index is 0.0513. The van der Waals surface area contributed by atoms with Crippen LogP contribution in [0.1, 0.15) is 36.7 Å². The average Bonchev–Trinajstić information content (AvgIpc) is 2.21. The van der Waals surface area contributed by atoms with Crippen molar-refractivity contribution in [3.05, 3.63) is 35.1 Å². The smallest absolute Gasteiger partial charge is 0.254 e. The second-order valence-electron chi connectivity index (χ2n) is 4.73. The highest BCUT2D eigenvalue weighted by Crippen LogP contribution is 2.17. The van der Waals surface area contributed by atoms with E-state index in [1.165, 1.54) is 6.07 Å². The first kappa shape index (κ1) is 14.0. The Hall–Kier alpha value is -1.09. The summed E-state index contributed by atoms with van der Waals surface area (Å²) in [6.07, 6.45) is 0. The normalized spacial score (nSPS) is 13.3. The van der Waals surface area contributed by atoms with Gasteiger partial charge in [0, 0.05) is 0 Å². The zero-order valence-electron chi connectivity index (χ0n) is 10.5. The number of carbonyl (C=O) groups is 1. The number of halogens is 2. The SMILES string of the molecule is Cc1cccc(C(=O)NC(C)(C)C(C)Cl)c1F. The molecule has 0 saturated heterocycles. The van der Waals surface area contributed by atoms with Crippen molar-refractivity contribution < 1.29 is 9.18 Å². The van der Waals surface area contributed by atoms with Gasteiger partial charge in [0.15, 0.2) is 0 Å². The molecule has 2 nitrogen and oxygen atoms in total. The first-order valence-corrected chi connectivity index (χ1v) is 5.91. The molecule has 1 atom stereocenters. The largest absolute Gasteiger partial charge is 0.346 e. The fraction of sp³-hybridized carbons (Fsp3) is 0.462. The molecule has 4 heteroatoms. The van der Waals surface area contributed by atoms with Crippen LogP contribution < -0.4 is 5.32 Å². The topological polar surface area (TPSA) is 29.1 Å². The molecule has 0 saturated carbocycles. The van der Waals surface area contributed by atoms with Crippen molar-refractivity contribution in [1.82, 2.24) is 5.32 Å². The van der Waals surface area contributed by atoms with E-state index in [0.717, 1.165) is 0 Å². The summed E-state index contributed by atoms with van der Waals surface area (Å²) in [5, 5.41) is 2.48. The molecule has 1 aromatic carbocycles. The van der Waals surface area contributed by atoms with Crippen molar-refractivity contribution >= 4 is 17.5 Å². The first-order valence-electron chi connectivity index (χ1n) is 5.47. The third-order valence-electron chi connectivity index (χ3n) is 2.87. The summed E-state index contributed by atoms with van der Waals surface area (Å²) >= 11 is 5.96. The second-order valence-corrected chi connectivity index (χ2v) is 5.38. The predicted molar refractivity (Wildman–Crippen MR) is 68.0 cm³/mol. The van der Waals surface area contributed by atoms with Crippen LogP contribution in [-0.4, -0.2) is 16.8 Å². The fourth-order valence-electron chi connectivity index (χ4n) is 1.28. The summed E-state index contributed by atoms with van der Waals surface area (Å²) in [6, 6.07) is 4.75. The Morgan fingerprint density at radius 2 is 2.06 bits per heavy atom. The van der Waals surface area contributed by atoms with Gasteiger partial charge in [0.25, 0.3) is 5.91 Å². The number of nitrogens with one attached hydrogen (secondary N) is 1. The van der Waals surface area contributed by atoms with Gasteiger partial charge in [-0.05, 0) is 39.3 Å². The van der Waals surface area contributed by atoms with Gasteiger partial charge in [-0.25, -0.2) is 4.39 Å². The van der Waals surface area contributed by atoms with Crippen molar-refractivity contribution in [2.45, 2.75) is 38.6 Å². The lowest BCUT2D eigenvalue weighted by Crippen LogP contribution is -2.49. The molecule has 94 valence electrons. The molecule has 0 heterocycles. The molecule has 0 bridgehead atoms. The van der Waals surface area contributed by atoms with Crippen LogP contribution in [0, 0.1) is 12.7 Å². The van der Waals surface area contributed by atoms with Gasteiger partial charge in [-0.2, -0.15) is 0 Å². The van der Waals surface area contributed by atoms with Crippen molar-refractivity contribution in [3.8, 4) is 0 Å². The van der Waals surface area contributed by atoms with Gasteiger partial charge in [0.05, 0.1) is 16.5 Å². The molecule has 1 aromatic rings. The number of aryl methyl sites for hydroxylation is 1. The maximum Gasteiger partial charge on any atom is 0.254 e. The van der Waals surface area contributed by atoms with Gasteiger partial charge in [-0.15, -0.1) is 11.6 Å². The Kier molecular flexibility index (Phi) is 4.15. The first-order chi connectivity index (χ1) is 7.75. The van der Waals surface area contributed by atoms with E-state index in [0.29, 0.717) is 5.56 Å². The quantitative estimate of drug-likeness (QED) is 0.828. The number of hydrogen-bond donors (Lipinski definition) is 1. The molecule has 0 spiro atoms. The molecule has 17 heavy (non-hydrogen) atoms. The Morgan fingerprint density at radius 1 is 1.47 bits per heavy atom. The minimum atomic E-state index is -0.588. The maximum atomic E-state index is 13.7. The molecule has 1 rings (SSSR count). The number of carbonyl (C=O) groups excluding carboxylic acids is 1. The van der Waals surface area contributed by atoms with E-state index >= 15 is 0 Å². The molecule has 0 aliphatic rings. The molecule has 0 aliphatic heterocycles. The average molecular weight is 258 g/mol. The summed E-state index contributed by atoms with van der Waals surface area (Å²) in [5.41, 5.74) is -0.0841. The van der Waals surface area contributed by atoms with Crippen LogP contribution in [0.4, 0.5) is 4.39 Å². The fourth-order valence-corrected chi connectivity index (χ4v) is 1.34. The lowest BCUT2D eigenvalue weighted by atomic mass is 10.00. The van der Waals surface area contributed by atoms with E-state index < -0.39 is 17.3 Å². The van der Waals surface area contributed by atoms with Gasteiger partial charge in [0.1, 0.15) is 5.82 Å². The van der Waals surface area contributed by atoms with Gasteiger partial charge < -0.3 is 5.32 Å². The lowest BCUT2D eigenvalue weighted by molar-refractivity contribution is 0.0908. The number of alkyl halides is 1. The number of hydrogen-bond acceptors (Lipinski definition) is 1. The molecule has 0 aromatic heterocycles. The summed E-state index contributed by atoms with van der Waals surface area (Å²) in [4.78, 5) is 11.9. The van der Waals surface area contributed by atoms with Gasteiger partial charge in [-0.3, -0.25) is 4.79 Å². The summed E-state index contributed by atoms with van der Waals surface area (Å²) in [7, 11) is 0. The zero-order valence-corrected chi connectivity index (χ0v) is 11.2. The number of rotatable bonds is 3. The van der Waals surface area contributed by atoms with E-state index in [9.17, 15) is 9.18 Å². The number of benzene rings is 1. The zero-order chi connectivity index (χ0) is 13.2. The maximum absolute atomic E-state index is 13.7. The van der Waals surface area contributed by atoms with Crippen molar-refractivity contribution in [2.75, 3.05) is 0 Å². The van der Waals surface area contributed by atoms with Crippen LogP contribution in [0.3, 0.4) is 0 Å². The molecule has 1 amide bonds. The van der Waals surface area contributed by atoms with Crippen LogP contribution in [0.5, 0.6) is 0 Å². The lowest BCUT2D eigenvalue weighted by Gasteiger charge is -2.29. The Bertz CT molecular complexity index is 429. The van der Waals surface area contributed by atoms with Crippen molar-refractivity contribution in [1.29, 1.82) is 0 Å². The monoisotopic (exact) mass is 257 g/mol. The molecule has 1 unspecified atom stereocenters. The standard InChI is InChI=1S/C13H17ClFNO/c1-8-6-5-7-10(11(8)15)12(17)16-13(3,4)9(2)14/h5-7,9H,1-4H3,(H,16,17). The van der Waals surface area contributed by atoms with Crippen LogP contribution in [0.25, 0.3) is 0 Å². The second kappa shape index (κ2) is 5.05. The van der Waals surface area contributed by atoms with E-state index in [1.54, 1.807) is 39.8 Å². The van der Waals surface area contributed by atoms with E-state index in [-0.39, 0.29) is 10.9 Å². The van der Waals surface area contributed by atoms with Crippen LogP contribution in [0.15, 0.2) is 18.2 Å². The van der Waals surface area contributed by atoms with Gasteiger partial charge in [-0.1, -0.05) is 12.1 Å². The predicted octanol–water partition coefficient (Wildman–Crippen LogP) is 3.27. The third kappa shape index (κ3) is 3.19. The summed E-state index contributed by atoms with van der Waals surface area (Å²) in [5.74, 6) is -0.924. The Morgan fingerprint density at radius 3 is 2.59 bits per heavy atom. The van der Waals surface area contributed by atoms with Gasteiger partial charge >= 0.3 is 0 Å². The van der Waals surface area contributed by atoms with Crippen LogP contribution >= 0.6 is 11.6 Å². The van der Waals surface area contributed by atoms with Crippen LogP contribution in [0.2, 0.25) is 0 Å². The summed E-state index contributed by atoms with van der Waals surface area (Å²) in [6.45, 7) is 7.02. The van der Waals surface area contributed by atoms with E-state index in [4.69, 9.17) is 11.6 Å². The van der Waals surface area contributed by atoms with Crippen molar-refractivity contribution in [3.63, 3.8) is 0 Å². The third-order valence-corrected chi connectivity index (χ3v) is 3.41. The highest BCUT2D eigenvalue weighted by Gasteiger charge is 2.27. The molecule has 1 N–H and O–H groups in total. The van der Waals surface area contributed by atoms with E-state index in [2.05, 4.69) is 5.32 Å². The molecular formula is C13H17ClFNO. The van der Waals surface area contributed by atoms with Crippen LogP contribution in [-0.2, 0) is 0 Å². The molecule has 0 aliphatic carbocycles. The molecule has 0 fully saturated rings. The summed E-state index contributed by atoms with van der Waals surface area (Å²) < 4.78 is 13.7. The van der Waals surface area contributed by atoms with Gasteiger partial charge in [0.2, 0.25) is 0 Å². The Balaban J connectivity index is 2.95. The van der Waals surface area contributed by atoms with Crippen molar-refractivity contribution in [2.24, 2.45) is 0 Å². The highest BCUT2D eigenvalue weighted by molar-refractivity contribution is 6.21. The van der Waals surface area contributed by atoms with E-state index in [1.807, 2.05) is 0 Å². The molecular weight excluding hydrogens is 241 g/mol. The number of amides is 1. The Labute approximate surface area is 106 Å².